The largest absolute Gasteiger partial charge is 0.368 e. The average Bonchev–Trinajstić information content (AvgIpc) is 2.67. The molecule has 1 aromatic heterocycles. The SMILES string of the molecule is CC(C)Nc1cc(C(=O)N2CCN(C=O)CC2)nc(-c2ccccc2)n1. The summed E-state index contributed by atoms with van der Waals surface area (Å²) in [7, 11) is 0. The first-order valence-corrected chi connectivity index (χ1v) is 8.76. The quantitative estimate of drug-likeness (QED) is 0.831. The lowest BCUT2D eigenvalue weighted by atomic mass is 10.2. The van der Waals surface area contributed by atoms with Gasteiger partial charge >= 0.3 is 0 Å². The maximum Gasteiger partial charge on any atom is 0.272 e. The van der Waals surface area contributed by atoms with Gasteiger partial charge < -0.3 is 15.1 Å². The number of hydrogen-bond acceptors (Lipinski definition) is 5. The molecule has 7 heteroatoms. The predicted octanol–water partition coefficient (Wildman–Crippen LogP) is 1.88. The molecule has 2 aromatic rings. The Morgan fingerprint density at radius 2 is 1.81 bits per heavy atom. The van der Waals surface area contributed by atoms with Crippen LogP contribution in [0.1, 0.15) is 24.3 Å². The topological polar surface area (TPSA) is 78.4 Å². The van der Waals surface area contributed by atoms with Gasteiger partial charge in [-0.2, -0.15) is 0 Å². The number of rotatable bonds is 5. The lowest BCUT2D eigenvalue weighted by Gasteiger charge is -2.32. The molecule has 0 atom stereocenters. The molecule has 1 N–H and O–H groups in total. The molecular formula is C19H23N5O2. The van der Waals surface area contributed by atoms with E-state index in [1.165, 1.54) is 0 Å². The molecule has 0 radical (unpaired) electrons. The third kappa shape index (κ3) is 4.17. The predicted molar refractivity (Wildman–Crippen MR) is 99.8 cm³/mol. The van der Waals surface area contributed by atoms with Crippen LogP contribution in [0.15, 0.2) is 36.4 Å². The second-order valence-electron chi connectivity index (χ2n) is 6.56. The van der Waals surface area contributed by atoms with Crippen molar-refractivity contribution in [3.05, 3.63) is 42.1 Å². The highest BCUT2D eigenvalue weighted by atomic mass is 16.2. The number of carbonyl (C=O) groups is 2. The van der Waals surface area contributed by atoms with Crippen molar-refractivity contribution in [1.82, 2.24) is 19.8 Å². The van der Waals surface area contributed by atoms with E-state index in [9.17, 15) is 9.59 Å². The summed E-state index contributed by atoms with van der Waals surface area (Å²) in [5.41, 5.74) is 1.22. The molecule has 1 aliphatic heterocycles. The standard InChI is InChI=1S/C19H23N5O2/c1-14(2)20-17-12-16(19(26)24-10-8-23(13-25)9-11-24)21-18(22-17)15-6-4-3-5-7-15/h3-7,12-14H,8-11H2,1-2H3,(H,20,21,22). The number of amides is 2. The van der Waals surface area contributed by atoms with Gasteiger partial charge in [0.25, 0.3) is 5.91 Å². The number of benzene rings is 1. The van der Waals surface area contributed by atoms with Crippen LogP contribution in [0.4, 0.5) is 5.82 Å². The molecular weight excluding hydrogens is 330 g/mol. The van der Waals surface area contributed by atoms with Crippen LogP contribution in [0.2, 0.25) is 0 Å². The molecule has 1 aliphatic rings. The zero-order valence-electron chi connectivity index (χ0n) is 15.1. The summed E-state index contributed by atoms with van der Waals surface area (Å²) in [5, 5.41) is 3.25. The van der Waals surface area contributed by atoms with E-state index in [1.807, 2.05) is 44.2 Å². The molecule has 3 rings (SSSR count). The number of nitrogens with zero attached hydrogens (tertiary/aromatic N) is 4. The van der Waals surface area contributed by atoms with Gasteiger partial charge in [-0.05, 0) is 13.8 Å². The molecule has 2 amide bonds. The highest BCUT2D eigenvalue weighted by Gasteiger charge is 2.23. The molecule has 1 aromatic carbocycles. The van der Waals surface area contributed by atoms with Crippen molar-refractivity contribution in [2.45, 2.75) is 19.9 Å². The third-order valence-electron chi connectivity index (χ3n) is 4.16. The summed E-state index contributed by atoms with van der Waals surface area (Å²) < 4.78 is 0. The van der Waals surface area contributed by atoms with Crippen molar-refractivity contribution >= 4 is 18.1 Å². The molecule has 0 saturated carbocycles. The third-order valence-corrected chi connectivity index (χ3v) is 4.16. The molecule has 0 spiro atoms. The van der Waals surface area contributed by atoms with Gasteiger partial charge in [-0.3, -0.25) is 9.59 Å². The van der Waals surface area contributed by atoms with Gasteiger partial charge in [0.1, 0.15) is 11.5 Å². The van der Waals surface area contributed by atoms with Crippen LogP contribution in [0.3, 0.4) is 0 Å². The van der Waals surface area contributed by atoms with Crippen LogP contribution in [-0.4, -0.2) is 64.3 Å². The smallest absolute Gasteiger partial charge is 0.272 e. The average molecular weight is 353 g/mol. The van der Waals surface area contributed by atoms with Crippen molar-refractivity contribution in [3.8, 4) is 11.4 Å². The van der Waals surface area contributed by atoms with Crippen LogP contribution >= 0.6 is 0 Å². The van der Waals surface area contributed by atoms with E-state index in [0.29, 0.717) is 43.5 Å². The van der Waals surface area contributed by atoms with Gasteiger partial charge in [0, 0.05) is 43.9 Å². The second kappa shape index (κ2) is 7.95. The monoisotopic (exact) mass is 353 g/mol. The van der Waals surface area contributed by atoms with E-state index in [2.05, 4.69) is 15.3 Å². The molecule has 1 saturated heterocycles. The second-order valence-corrected chi connectivity index (χ2v) is 6.56. The van der Waals surface area contributed by atoms with Gasteiger partial charge in [0.05, 0.1) is 0 Å². The van der Waals surface area contributed by atoms with E-state index in [-0.39, 0.29) is 11.9 Å². The summed E-state index contributed by atoms with van der Waals surface area (Å²) >= 11 is 0. The van der Waals surface area contributed by atoms with E-state index >= 15 is 0 Å². The fourth-order valence-electron chi connectivity index (χ4n) is 2.84. The molecule has 1 fully saturated rings. The van der Waals surface area contributed by atoms with Crippen molar-refractivity contribution in [3.63, 3.8) is 0 Å². The van der Waals surface area contributed by atoms with E-state index in [4.69, 9.17) is 0 Å². The van der Waals surface area contributed by atoms with Crippen molar-refractivity contribution in [2.75, 3.05) is 31.5 Å². The van der Waals surface area contributed by atoms with Crippen molar-refractivity contribution in [2.24, 2.45) is 0 Å². The van der Waals surface area contributed by atoms with Gasteiger partial charge in [0.2, 0.25) is 6.41 Å². The van der Waals surface area contributed by atoms with Crippen molar-refractivity contribution in [1.29, 1.82) is 0 Å². The van der Waals surface area contributed by atoms with Gasteiger partial charge in [0.15, 0.2) is 5.82 Å². The first-order valence-electron chi connectivity index (χ1n) is 8.76. The molecule has 7 nitrogen and oxygen atoms in total. The lowest BCUT2D eigenvalue weighted by Crippen LogP contribution is -2.48. The lowest BCUT2D eigenvalue weighted by molar-refractivity contribution is -0.119. The minimum atomic E-state index is -0.137. The molecule has 0 aliphatic carbocycles. The summed E-state index contributed by atoms with van der Waals surface area (Å²) in [6, 6.07) is 11.5. The zero-order valence-corrected chi connectivity index (χ0v) is 15.1. The fourth-order valence-corrected chi connectivity index (χ4v) is 2.84. The first-order chi connectivity index (χ1) is 12.6. The molecule has 2 heterocycles. The van der Waals surface area contributed by atoms with Crippen LogP contribution in [0.25, 0.3) is 11.4 Å². The van der Waals surface area contributed by atoms with E-state index < -0.39 is 0 Å². The highest BCUT2D eigenvalue weighted by Crippen LogP contribution is 2.19. The van der Waals surface area contributed by atoms with E-state index in [0.717, 1.165) is 12.0 Å². The van der Waals surface area contributed by atoms with E-state index in [1.54, 1.807) is 15.9 Å². The Bertz CT molecular complexity index is 771. The molecule has 0 bridgehead atoms. The van der Waals surface area contributed by atoms with Crippen LogP contribution < -0.4 is 5.32 Å². The maximum absolute atomic E-state index is 12.9. The fraction of sp³-hybridized carbons (Fsp3) is 0.368. The van der Waals surface area contributed by atoms with Gasteiger partial charge in [-0.1, -0.05) is 30.3 Å². The Hall–Kier alpha value is -2.96. The van der Waals surface area contributed by atoms with Crippen LogP contribution in [0, 0.1) is 0 Å². The Labute approximate surface area is 153 Å². The number of anilines is 1. The molecule has 0 unspecified atom stereocenters. The van der Waals surface area contributed by atoms with Crippen LogP contribution in [0.5, 0.6) is 0 Å². The number of piperazine rings is 1. The zero-order chi connectivity index (χ0) is 18.5. The maximum atomic E-state index is 12.9. The molecule has 136 valence electrons. The first kappa shape index (κ1) is 17.8. The number of nitrogens with one attached hydrogen (secondary N) is 1. The van der Waals surface area contributed by atoms with Gasteiger partial charge in [-0.25, -0.2) is 9.97 Å². The number of hydrogen-bond donors (Lipinski definition) is 1. The minimum absolute atomic E-state index is 0.137. The number of aromatic nitrogens is 2. The normalized spacial score (nSPS) is 14.4. The highest BCUT2D eigenvalue weighted by molar-refractivity contribution is 5.93. The Balaban J connectivity index is 1.90. The molecule has 26 heavy (non-hydrogen) atoms. The van der Waals surface area contributed by atoms with Crippen LogP contribution in [-0.2, 0) is 4.79 Å². The van der Waals surface area contributed by atoms with Gasteiger partial charge in [-0.15, -0.1) is 0 Å². The van der Waals surface area contributed by atoms with Crippen molar-refractivity contribution < 1.29 is 9.59 Å². The number of carbonyl (C=O) groups excluding carboxylic acids is 2. The Kier molecular flexibility index (Phi) is 5.46. The Morgan fingerprint density at radius 1 is 1.12 bits per heavy atom. The summed E-state index contributed by atoms with van der Waals surface area (Å²) in [6.45, 7) is 6.14. The summed E-state index contributed by atoms with van der Waals surface area (Å²) in [5.74, 6) is 1.01. The summed E-state index contributed by atoms with van der Waals surface area (Å²) in [4.78, 5) is 36.2. The Morgan fingerprint density at radius 3 is 2.42 bits per heavy atom. The minimum Gasteiger partial charge on any atom is -0.368 e. The summed E-state index contributed by atoms with van der Waals surface area (Å²) in [6.07, 6.45) is 0.824.